The molecule has 0 spiro atoms. The molecule has 1 unspecified atom stereocenters. The summed E-state index contributed by atoms with van der Waals surface area (Å²) in [5.41, 5.74) is -1.96. The van der Waals surface area contributed by atoms with Gasteiger partial charge in [-0.2, -0.15) is 4.39 Å². The zero-order chi connectivity index (χ0) is 15.6. The molecule has 1 atom stereocenters. The molecular weight excluding hydrogens is 286 g/mol. The van der Waals surface area contributed by atoms with Crippen LogP contribution in [0.5, 0.6) is 0 Å². The predicted octanol–water partition coefficient (Wildman–Crippen LogP) is 2.96. The predicted molar refractivity (Wildman–Crippen MR) is 67.6 cm³/mol. The standard InChI is InChI=1S/C13H10F2N2O4/c1-7(10-3-2-6-21-10)16-13(18)11-8(14)4-5-9(12(11)15)17(19)20/h2-7H,1H3,(H,16,18). The van der Waals surface area contributed by atoms with Crippen LogP contribution in [0.4, 0.5) is 14.5 Å². The van der Waals surface area contributed by atoms with E-state index >= 15 is 0 Å². The summed E-state index contributed by atoms with van der Waals surface area (Å²) in [6.45, 7) is 1.55. The molecule has 0 bridgehead atoms. The first-order valence-corrected chi connectivity index (χ1v) is 5.88. The summed E-state index contributed by atoms with van der Waals surface area (Å²) in [6.07, 6.45) is 1.38. The van der Waals surface area contributed by atoms with E-state index in [1.165, 1.54) is 6.26 Å². The summed E-state index contributed by atoms with van der Waals surface area (Å²) in [5, 5.41) is 12.9. The van der Waals surface area contributed by atoms with Gasteiger partial charge in [-0.05, 0) is 25.1 Å². The van der Waals surface area contributed by atoms with Gasteiger partial charge in [0.2, 0.25) is 5.82 Å². The largest absolute Gasteiger partial charge is 0.467 e. The van der Waals surface area contributed by atoms with Gasteiger partial charge in [-0.1, -0.05) is 0 Å². The maximum absolute atomic E-state index is 13.9. The first kappa shape index (κ1) is 14.6. The monoisotopic (exact) mass is 296 g/mol. The fourth-order valence-corrected chi connectivity index (χ4v) is 1.77. The molecule has 1 amide bonds. The van der Waals surface area contributed by atoms with Crippen molar-refractivity contribution >= 4 is 11.6 Å². The highest BCUT2D eigenvalue weighted by Gasteiger charge is 2.27. The van der Waals surface area contributed by atoms with Gasteiger partial charge in [-0.3, -0.25) is 14.9 Å². The highest BCUT2D eigenvalue weighted by molar-refractivity contribution is 5.95. The third-order valence-electron chi connectivity index (χ3n) is 2.81. The number of benzene rings is 1. The van der Waals surface area contributed by atoms with E-state index in [1.807, 2.05) is 0 Å². The molecule has 1 N–H and O–H groups in total. The number of nitrogens with one attached hydrogen (secondary N) is 1. The molecule has 2 rings (SSSR count). The van der Waals surface area contributed by atoms with Crippen LogP contribution in [0.1, 0.15) is 29.1 Å². The average Bonchev–Trinajstić information content (AvgIpc) is 2.91. The molecule has 0 aliphatic heterocycles. The third-order valence-corrected chi connectivity index (χ3v) is 2.81. The van der Waals surface area contributed by atoms with Gasteiger partial charge >= 0.3 is 5.69 Å². The van der Waals surface area contributed by atoms with Crippen molar-refractivity contribution in [3.63, 3.8) is 0 Å². The zero-order valence-electron chi connectivity index (χ0n) is 10.8. The van der Waals surface area contributed by atoms with Crippen molar-refractivity contribution < 1.29 is 22.9 Å². The second-order valence-electron chi connectivity index (χ2n) is 4.22. The number of rotatable bonds is 4. The second kappa shape index (κ2) is 5.70. The van der Waals surface area contributed by atoms with Crippen LogP contribution in [0.3, 0.4) is 0 Å². The van der Waals surface area contributed by atoms with Crippen molar-refractivity contribution in [3.05, 3.63) is 63.6 Å². The topological polar surface area (TPSA) is 85.4 Å². The van der Waals surface area contributed by atoms with Gasteiger partial charge in [0.25, 0.3) is 5.91 Å². The number of nitrogens with zero attached hydrogens (tertiary/aromatic N) is 1. The molecule has 1 aromatic heterocycles. The van der Waals surface area contributed by atoms with Crippen LogP contribution < -0.4 is 5.32 Å². The first-order chi connectivity index (χ1) is 9.91. The minimum atomic E-state index is -1.51. The Kier molecular flexibility index (Phi) is 3.97. The number of nitro groups is 1. The van der Waals surface area contributed by atoms with Gasteiger partial charge < -0.3 is 9.73 Å². The molecule has 21 heavy (non-hydrogen) atoms. The molecule has 6 nitrogen and oxygen atoms in total. The molecule has 110 valence electrons. The van der Waals surface area contributed by atoms with Gasteiger partial charge in [-0.15, -0.1) is 0 Å². The van der Waals surface area contributed by atoms with Crippen molar-refractivity contribution in [2.45, 2.75) is 13.0 Å². The number of carbonyl (C=O) groups is 1. The Hall–Kier alpha value is -2.77. The van der Waals surface area contributed by atoms with Crippen molar-refractivity contribution in [1.82, 2.24) is 5.32 Å². The SMILES string of the molecule is CC(NC(=O)c1c(F)ccc([N+](=O)[O-])c1F)c1ccco1. The number of hydrogen-bond donors (Lipinski definition) is 1. The molecule has 8 heteroatoms. The van der Waals surface area contributed by atoms with Gasteiger partial charge in [0.15, 0.2) is 0 Å². The molecule has 0 saturated heterocycles. The maximum Gasteiger partial charge on any atom is 0.305 e. The van der Waals surface area contributed by atoms with Crippen LogP contribution in [0, 0.1) is 21.7 Å². The Labute approximate surface area is 117 Å². The molecule has 0 aliphatic rings. The summed E-state index contributed by atoms with van der Waals surface area (Å²) < 4.78 is 32.5. The van der Waals surface area contributed by atoms with Crippen molar-refractivity contribution in [3.8, 4) is 0 Å². The van der Waals surface area contributed by atoms with E-state index < -0.39 is 39.8 Å². The van der Waals surface area contributed by atoms with E-state index in [0.29, 0.717) is 17.9 Å². The third kappa shape index (κ3) is 2.88. The van der Waals surface area contributed by atoms with E-state index in [0.717, 1.165) is 0 Å². The lowest BCUT2D eigenvalue weighted by Gasteiger charge is -2.12. The quantitative estimate of drug-likeness (QED) is 0.694. The zero-order valence-corrected chi connectivity index (χ0v) is 10.8. The van der Waals surface area contributed by atoms with Crippen LogP contribution in [-0.4, -0.2) is 10.8 Å². The number of amides is 1. The van der Waals surface area contributed by atoms with Crippen LogP contribution in [0.2, 0.25) is 0 Å². The number of halogens is 2. The van der Waals surface area contributed by atoms with Crippen LogP contribution >= 0.6 is 0 Å². The van der Waals surface area contributed by atoms with Gasteiger partial charge in [0.1, 0.15) is 17.1 Å². The van der Waals surface area contributed by atoms with Gasteiger partial charge in [-0.25, -0.2) is 4.39 Å². The summed E-state index contributed by atoms with van der Waals surface area (Å²) in [6, 6.07) is 3.86. The molecule has 1 aromatic carbocycles. The minimum Gasteiger partial charge on any atom is -0.467 e. The maximum atomic E-state index is 13.9. The number of carbonyl (C=O) groups excluding carboxylic acids is 1. The number of hydrogen-bond acceptors (Lipinski definition) is 4. The average molecular weight is 296 g/mol. The van der Waals surface area contributed by atoms with E-state index in [1.54, 1.807) is 19.1 Å². The second-order valence-corrected chi connectivity index (χ2v) is 4.22. The Morgan fingerprint density at radius 1 is 1.38 bits per heavy atom. The van der Waals surface area contributed by atoms with Crippen molar-refractivity contribution in [1.29, 1.82) is 0 Å². The van der Waals surface area contributed by atoms with Crippen molar-refractivity contribution in [2.24, 2.45) is 0 Å². The van der Waals surface area contributed by atoms with Crippen LogP contribution in [0.25, 0.3) is 0 Å². The van der Waals surface area contributed by atoms with E-state index in [4.69, 9.17) is 4.42 Å². The molecule has 1 heterocycles. The highest BCUT2D eigenvalue weighted by Crippen LogP contribution is 2.24. The van der Waals surface area contributed by atoms with Crippen molar-refractivity contribution in [2.75, 3.05) is 0 Å². The van der Waals surface area contributed by atoms with Gasteiger partial charge in [0, 0.05) is 6.07 Å². The molecular formula is C13H10F2N2O4. The van der Waals surface area contributed by atoms with Gasteiger partial charge in [0.05, 0.1) is 17.2 Å². The first-order valence-electron chi connectivity index (χ1n) is 5.88. The molecule has 2 aromatic rings. The summed E-state index contributed by atoms with van der Waals surface area (Å²) in [5.74, 6) is -3.40. The van der Waals surface area contributed by atoms with Crippen LogP contribution in [0.15, 0.2) is 34.9 Å². The Morgan fingerprint density at radius 3 is 2.67 bits per heavy atom. The van der Waals surface area contributed by atoms with E-state index in [-0.39, 0.29) is 0 Å². The van der Waals surface area contributed by atoms with Crippen LogP contribution in [-0.2, 0) is 0 Å². The summed E-state index contributed by atoms with van der Waals surface area (Å²) in [4.78, 5) is 21.5. The summed E-state index contributed by atoms with van der Waals surface area (Å²) >= 11 is 0. The number of nitro benzene ring substituents is 1. The lowest BCUT2D eigenvalue weighted by Crippen LogP contribution is -2.28. The lowest BCUT2D eigenvalue weighted by molar-refractivity contribution is -0.387. The van der Waals surface area contributed by atoms with E-state index in [9.17, 15) is 23.7 Å². The Balaban J connectivity index is 2.31. The Bertz CT molecular complexity index is 686. The normalized spacial score (nSPS) is 12.0. The molecule has 0 fully saturated rings. The fraction of sp³-hybridized carbons (Fsp3) is 0.154. The Morgan fingerprint density at radius 2 is 2.10 bits per heavy atom. The lowest BCUT2D eigenvalue weighted by atomic mass is 10.1. The highest BCUT2D eigenvalue weighted by atomic mass is 19.1. The molecule has 0 saturated carbocycles. The summed E-state index contributed by atoms with van der Waals surface area (Å²) in [7, 11) is 0. The molecule has 0 radical (unpaired) electrons. The number of furan rings is 1. The fourth-order valence-electron chi connectivity index (χ4n) is 1.77. The molecule has 0 aliphatic carbocycles. The van der Waals surface area contributed by atoms with E-state index in [2.05, 4.69) is 5.32 Å². The minimum absolute atomic E-state index is 0.384. The smallest absolute Gasteiger partial charge is 0.305 e.